The van der Waals surface area contributed by atoms with Crippen molar-refractivity contribution in [1.82, 2.24) is 10.2 Å². The zero-order valence-electron chi connectivity index (χ0n) is 15.3. The van der Waals surface area contributed by atoms with E-state index in [9.17, 15) is 4.79 Å². The lowest BCUT2D eigenvalue weighted by Gasteiger charge is -2.10. The summed E-state index contributed by atoms with van der Waals surface area (Å²) >= 11 is 4.96. The number of anilines is 1. The second-order valence-electron chi connectivity index (χ2n) is 5.98. The first kappa shape index (κ1) is 19.9. The first-order chi connectivity index (χ1) is 13.1. The van der Waals surface area contributed by atoms with Crippen molar-refractivity contribution in [1.29, 1.82) is 0 Å². The van der Waals surface area contributed by atoms with Gasteiger partial charge in [0, 0.05) is 21.9 Å². The number of benzene rings is 2. The molecule has 0 fully saturated rings. The van der Waals surface area contributed by atoms with Crippen LogP contribution in [-0.4, -0.2) is 21.9 Å². The van der Waals surface area contributed by atoms with Crippen molar-refractivity contribution in [2.45, 2.75) is 40.8 Å². The minimum absolute atomic E-state index is 0.0620. The Bertz CT molecular complexity index is 896. The third kappa shape index (κ3) is 6.37. The zero-order chi connectivity index (χ0) is 19.1. The predicted octanol–water partition coefficient (Wildman–Crippen LogP) is 5.82. The van der Waals surface area contributed by atoms with Crippen molar-refractivity contribution < 1.29 is 4.79 Å². The van der Waals surface area contributed by atoms with E-state index in [1.165, 1.54) is 4.90 Å². The highest BCUT2D eigenvalue weighted by Gasteiger charge is 2.08. The van der Waals surface area contributed by atoms with Gasteiger partial charge in [-0.25, -0.2) is 0 Å². The van der Waals surface area contributed by atoms with Crippen LogP contribution in [0.5, 0.6) is 0 Å². The molecule has 7 heteroatoms. The summed E-state index contributed by atoms with van der Waals surface area (Å²) in [6.45, 7) is 3.96. The normalized spacial score (nSPS) is 10.7. The van der Waals surface area contributed by atoms with Crippen molar-refractivity contribution in [2.75, 3.05) is 11.1 Å². The van der Waals surface area contributed by atoms with E-state index in [2.05, 4.69) is 33.7 Å². The molecule has 0 aliphatic carbocycles. The Morgan fingerprint density at radius 2 is 1.89 bits per heavy atom. The molecule has 0 atom stereocenters. The molecule has 0 bridgehead atoms. The van der Waals surface area contributed by atoms with E-state index in [1.807, 2.05) is 44.2 Å². The van der Waals surface area contributed by atoms with Gasteiger partial charge < -0.3 is 5.32 Å². The minimum Gasteiger partial charge on any atom is -0.326 e. The third-order valence-electron chi connectivity index (χ3n) is 3.74. The standard InChI is InChI=1S/C20H21N3OS3/c1-14-13-17(27-20-23-22-15(2)26-20)10-11-18(14)21-19(24)9-6-12-25-16-7-4-3-5-8-16/h3-5,7-8,10-11,13H,6,9,12H2,1-2H3,(H,21,24). The highest BCUT2D eigenvalue weighted by atomic mass is 32.2. The number of thioether (sulfide) groups is 1. The number of carbonyl (C=O) groups excluding carboxylic acids is 1. The van der Waals surface area contributed by atoms with E-state index in [4.69, 9.17) is 0 Å². The summed E-state index contributed by atoms with van der Waals surface area (Å²) in [6.07, 6.45) is 1.38. The first-order valence-electron chi connectivity index (χ1n) is 8.66. The molecule has 1 heterocycles. The van der Waals surface area contributed by atoms with Crippen LogP contribution >= 0.6 is 34.9 Å². The molecule has 2 aromatic carbocycles. The smallest absolute Gasteiger partial charge is 0.224 e. The Morgan fingerprint density at radius 1 is 1.07 bits per heavy atom. The van der Waals surface area contributed by atoms with Crippen molar-refractivity contribution in [3.8, 4) is 0 Å². The number of hydrogen-bond acceptors (Lipinski definition) is 6. The Kier molecular flexibility index (Phi) is 7.32. The summed E-state index contributed by atoms with van der Waals surface area (Å²) in [7, 11) is 0. The number of nitrogens with one attached hydrogen (secondary N) is 1. The highest BCUT2D eigenvalue weighted by molar-refractivity contribution is 8.01. The number of hydrogen-bond donors (Lipinski definition) is 1. The minimum atomic E-state index is 0.0620. The van der Waals surface area contributed by atoms with Crippen LogP contribution in [-0.2, 0) is 4.79 Å². The number of nitrogens with zero attached hydrogens (tertiary/aromatic N) is 2. The van der Waals surface area contributed by atoms with Gasteiger partial charge in [-0.1, -0.05) is 41.3 Å². The number of aromatic nitrogens is 2. The predicted molar refractivity (Wildman–Crippen MR) is 115 cm³/mol. The van der Waals surface area contributed by atoms with Crippen molar-refractivity contribution in [3.63, 3.8) is 0 Å². The zero-order valence-corrected chi connectivity index (χ0v) is 17.7. The average Bonchev–Trinajstić information content (AvgIpc) is 3.07. The number of rotatable bonds is 8. The lowest BCUT2D eigenvalue weighted by atomic mass is 10.2. The molecule has 1 aromatic heterocycles. The van der Waals surface area contributed by atoms with Gasteiger partial charge in [-0.15, -0.1) is 22.0 Å². The summed E-state index contributed by atoms with van der Waals surface area (Å²) < 4.78 is 0.930. The number of amides is 1. The Balaban J connectivity index is 1.46. The second-order valence-corrected chi connectivity index (χ2v) is 9.65. The van der Waals surface area contributed by atoms with E-state index in [1.54, 1.807) is 34.9 Å². The quantitative estimate of drug-likeness (QED) is 0.371. The van der Waals surface area contributed by atoms with E-state index < -0.39 is 0 Å². The van der Waals surface area contributed by atoms with Gasteiger partial charge in [-0.05, 0) is 61.9 Å². The Labute approximate surface area is 172 Å². The molecule has 0 saturated carbocycles. The second kappa shape index (κ2) is 9.92. The molecular weight excluding hydrogens is 394 g/mol. The van der Waals surface area contributed by atoms with Gasteiger partial charge in [-0.2, -0.15) is 0 Å². The topological polar surface area (TPSA) is 54.9 Å². The van der Waals surface area contributed by atoms with Crippen LogP contribution in [0.25, 0.3) is 0 Å². The fourth-order valence-corrected chi connectivity index (χ4v) is 5.17. The SMILES string of the molecule is Cc1nnc(Sc2ccc(NC(=O)CCCSc3ccccc3)c(C)c2)s1. The maximum Gasteiger partial charge on any atom is 0.224 e. The number of aryl methyl sites for hydroxylation is 2. The maximum atomic E-state index is 12.2. The largest absolute Gasteiger partial charge is 0.326 e. The molecule has 27 heavy (non-hydrogen) atoms. The summed E-state index contributed by atoms with van der Waals surface area (Å²) in [4.78, 5) is 14.6. The van der Waals surface area contributed by atoms with E-state index in [0.717, 1.165) is 37.7 Å². The molecular formula is C20H21N3OS3. The van der Waals surface area contributed by atoms with E-state index in [-0.39, 0.29) is 5.91 Å². The molecule has 140 valence electrons. The molecule has 0 aliphatic heterocycles. The Hall–Kier alpha value is -1.83. The van der Waals surface area contributed by atoms with Crippen LogP contribution in [0.1, 0.15) is 23.4 Å². The summed E-state index contributed by atoms with van der Waals surface area (Å²) in [6, 6.07) is 16.3. The average molecular weight is 416 g/mol. The lowest BCUT2D eigenvalue weighted by molar-refractivity contribution is -0.116. The summed E-state index contributed by atoms with van der Waals surface area (Å²) in [5, 5.41) is 12.2. The van der Waals surface area contributed by atoms with Gasteiger partial charge in [0.15, 0.2) is 4.34 Å². The lowest BCUT2D eigenvalue weighted by Crippen LogP contribution is -2.12. The maximum absolute atomic E-state index is 12.2. The van der Waals surface area contributed by atoms with Crippen molar-refractivity contribution in [2.24, 2.45) is 0 Å². The number of carbonyl (C=O) groups is 1. The highest BCUT2D eigenvalue weighted by Crippen LogP contribution is 2.32. The van der Waals surface area contributed by atoms with Crippen LogP contribution in [0.3, 0.4) is 0 Å². The van der Waals surface area contributed by atoms with Gasteiger partial charge in [0.1, 0.15) is 5.01 Å². The molecule has 4 nitrogen and oxygen atoms in total. The molecule has 0 saturated heterocycles. The molecule has 0 radical (unpaired) electrons. The molecule has 1 amide bonds. The monoisotopic (exact) mass is 415 g/mol. The molecule has 3 aromatic rings. The van der Waals surface area contributed by atoms with Crippen molar-refractivity contribution >= 4 is 46.5 Å². The van der Waals surface area contributed by atoms with Gasteiger partial charge in [0.05, 0.1) is 0 Å². The molecule has 3 rings (SSSR count). The molecule has 0 spiro atoms. The van der Waals surface area contributed by atoms with E-state index in [0.29, 0.717) is 6.42 Å². The Morgan fingerprint density at radius 3 is 2.59 bits per heavy atom. The third-order valence-corrected chi connectivity index (χ3v) is 6.72. The fourth-order valence-electron chi connectivity index (χ4n) is 2.41. The van der Waals surface area contributed by atoms with Crippen LogP contribution in [0.15, 0.2) is 62.7 Å². The van der Waals surface area contributed by atoms with Crippen LogP contribution in [0.4, 0.5) is 5.69 Å². The molecule has 0 aliphatic rings. The van der Waals surface area contributed by atoms with Crippen LogP contribution < -0.4 is 5.32 Å². The van der Waals surface area contributed by atoms with Crippen LogP contribution in [0, 0.1) is 13.8 Å². The molecule has 1 N–H and O–H groups in total. The van der Waals surface area contributed by atoms with Gasteiger partial charge in [0.25, 0.3) is 0 Å². The van der Waals surface area contributed by atoms with E-state index >= 15 is 0 Å². The fraction of sp³-hybridized carbons (Fsp3) is 0.250. The van der Waals surface area contributed by atoms with Gasteiger partial charge >= 0.3 is 0 Å². The summed E-state index contributed by atoms with van der Waals surface area (Å²) in [5.41, 5.74) is 1.92. The summed E-state index contributed by atoms with van der Waals surface area (Å²) in [5.74, 6) is 1.000. The van der Waals surface area contributed by atoms with Gasteiger partial charge in [-0.3, -0.25) is 4.79 Å². The van der Waals surface area contributed by atoms with Crippen molar-refractivity contribution in [3.05, 3.63) is 59.1 Å². The molecule has 0 unspecified atom stereocenters. The van der Waals surface area contributed by atoms with Crippen LogP contribution in [0.2, 0.25) is 0 Å². The van der Waals surface area contributed by atoms with Gasteiger partial charge in [0.2, 0.25) is 5.91 Å². The first-order valence-corrected chi connectivity index (χ1v) is 11.3.